The fourth-order valence-corrected chi connectivity index (χ4v) is 3.54. The quantitative estimate of drug-likeness (QED) is 0.661. The van der Waals surface area contributed by atoms with Gasteiger partial charge in [-0.15, -0.1) is 0 Å². The molecule has 5 heteroatoms. The van der Waals surface area contributed by atoms with Gasteiger partial charge in [-0.05, 0) is 42.5 Å². The zero-order valence-electron chi connectivity index (χ0n) is 17.0. The molecule has 0 aliphatic carbocycles. The van der Waals surface area contributed by atoms with Crippen molar-refractivity contribution in [2.45, 2.75) is 57.0 Å². The Morgan fingerprint density at radius 3 is 2.62 bits per heavy atom. The molecule has 0 unspecified atom stereocenters. The van der Waals surface area contributed by atoms with Crippen molar-refractivity contribution < 1.29 is 24.1 Å². The lowest BCUT2D eigenvalue weighted by Gasteiger charge is -2.30. The van der Waals surface area contributed by atoms with Crippen molar-refractivity contribution in [1.82, 2.24) is 0 Å². The molecule has 2 aromatic carbocycles. The molecule has 1 heterocycles. The number of benzene rings is 2. The van der Waals surface area contributed by atoms with Gasteiger partial charge >= 0.3 is 0 Å². The first-order valence-electron chi connectivity index (χ1n) is 10.3. The second-order valence-corrected chi connectivity index (χ2v) is 7.52. The summed E-state index contributed by atoms with van der Waals surface area (Å²) in [6.07, 6.45) is 2.08. The number of rotatable bonds is 10. The summed E-state index contributed by atoms with van der Waals surface area (Å²) in [6.45, 7) is 0.579. The Hall–Kier alpha value is -2.21. The molecular formula is C24H30O5. The fourth-order valence-electron chi connectivity index (χ4n) is 3.54. The number of carbonyl (C=O) groups is 1. The Morgan fingerprint density at radius 2 is 1.90 bits per heavy atom. The molecule has 0 amide bonds. The predicted octanol–water partition coefficient (Wildman–Crippen LogP) is 3.71. The van der Waals surface area contributed by atoms with E-state index in [0.717, 1.165) is 17.7 Å². The van der Waals surface area contributed by atoms with Gasteiger partial charge in [0.1, 0.15) is 11.5 Å². The van der Waals surface area contributed by atoms with Crippen LogP contribution in [0.25, 0.3) is 0 Å². The third-order valence-corrected chi connectivity index (χ3v) is 5.18. The maximum absolute atomic E-state index is 12.4. The highest BCUT2D eigenvalue weighted by Crippen LogP contribution is 2.21. The molecule has 1 saturated heterocycles. The molecule has 3 rings (SSSR count). The van der Waals surface area contributed by atoms with Crippen LogP contribution in [-0.4, -0.2) is 43.1 Å². The van der Waals surface area contributed by atoms with E-state index >= 15 is 0 Å². The predicted molar refractivity (Wildman–Crippen MR) is 111 cm³/mol. The van der Waals surface area contributed by atoms with E-state index in [4.69, 9.17) is 14.2 Å². The van der Waals surface area contributed by atoms with Crippen molar-refractivity contribution in [1.29, 1.82) is 0 Å². The van der Waals surface area contributed by atoms with Gasteiger partial charge in [0.25, 0.3) is 0 Å². The molecular weight excluding hydrogens is 368 g/mol. The van der Waals surface area contributed by atoms with Crippen molar-refractivity contribution in [3.05, 3.63) is 65.7 Å². The summed E-state index contributed by atoms with van der Waals surface area (Å²) in [5.74, 6) is 0.856. The minimum Gasteiger partial charge on any atom is -0.497 e. The SMILES string of the molecule is COc1ccc(C[C@@H]2OCC[C@H](CC(=O)C[C@H](O)CCc3ccccc3)O2)cc1. The number of ketones is 1. The Balaban J connectivity index is 1.40. The summed E-state index contributed by atoms with van der Waals surface area (Å²) in [5, 5.41) is 10.2. The van der Waals surface area contributed by atoms with E-state index in [1.807, 2.05) is 54.6 Å². The van der Waals surface area contributed by atoms with Crippen molar-refractivity contribution in [2.75, 3.05) is 13.7 Å². The van der Waals surface area contributed by atoms with Gasteiger partial charge in [-0.1, -0.05) is 42.5 Å². The van der Waals surface area contributed by atoms with E-state index in [1.54, 1.807) is 7.11 Å². The minimum atomic E-state index is -0.613. The van der Waals surface area contributed by atoms with Crippen LogP contribution in [0.2, 0.25) is 0 Å². The topological polar surface area (TPSA) is 65.0 Å². The van der Waals surface area contributed by atoms with Crippen LogP contribution in [0.5, 0.6) is 5.75 Å². The van der Waals surface area contributed by atoms with Crippen molar-refractivity contribution in [3.63, 3.8) is 0 Å². The van der Waals surface area contributed by atoms with Gasteiger partial charge in [0.2, 0.25) is 0 Å². The van der Waals surface area contributed by atoms with Crippen LogP contribution in [0.15, 0.2) is 54.6 Å². The highest BCUT2D eigenvalue weighted by atomic mass is 16.7. The molecule has 0 spiro atoms. The van der Waals surface area contributed by atoms with Crippen LogP contribution in [0.3, 0.4) is 0 Å². The van der Waals surface area contributed by atoms with Crippen LogP contribution in [0.4, 0.5) is 0 Å². The first kappa shape index (κ1) is 21.5. The molecule has 0 aromatic heterocycles. The number of methoxy groups -OCH3 is 1. The number of aliphatic hydroxyl groups excluding tert-OH is 1. The van der Waals surface area contributed by atoms with Gasteiger partial charge in [-0.2, -0.15) is 0 Å². The molecule has 5 nitrogen and oxygen atoms in total. The molecule has 0 radical (unpaired) electrons. The zero-order chi connectivity index (χ0) is 20.5. The van der Waals surface area contributed by atoms with Crippen molar-refractivity contribution >= 4 is 5.78 Å². The van der Waals surface area contributed by atoms with E-state index < -0.39 is 6.10 Å². The van der Waals surface area contributed by atoms with Crippen LogP contribution >= 0.6 is 0 Å². The average Bonchev–Trinajstić information content (AvgIpc) is 2.74. The zero-order valence-corrected chi connectivity index (χ0v) is 17.0. The van der Waals surface area contributed by atoms with Gasteiger partial charge in [-0.3, -0.25) is 4.79 Å². The van der Waals surface area contributed by atoms with E-state index in [0.29, 0.717) is 32.3 Å². The number of hydrogen-bond donors (Lipinski definition) is 1. The first-order valence-corrected chi connectivity index (χ1v) is 10.3. The molecule has 1 N–H and O–H groups in total. The van der Waals surface area contributed by atoms with Crippen LogP contribution in [0, 0.1) is 0 Å². The number of aliphatic hydroxyl groups is 1. The van der Waals surface area contributed by atoms with E-state index in [9.17, 15) is 9.90 Å². The molecule has 156 valence electrons. The van der Waals surface area contributed by atoms with Crippen molar-refractivity contribution in [3.8, 4) is 5.75 Å². The lowest BCUT2D eigenvalue weighted by Crippen LogP contribution is -2.35. The summed E-state index contributed by atoms with van der Waals surface area (Å²) in [7, 11) is 1.64. The van der Waals surface area contributed by atoms with E-state index in [2.05, 4.69) is 0 Å². The smallest absolute Gasteiger partial charge is 0.161 e. The maximum atomic E-state index is 12.4. The van der Waals surface area contributed by atoms with Gasteiger partial charge in [-0.25, -0.2) is 0 Å². The number of aryl methyl sites for hydroxylation is 1. The highest BCUT2D eigenvalue weighted by Gasteiger charge is 2.26. The van der Waals surface area contributed by atoms with Crippen LogP contribution in [-0.2, 0) is 27.1 Å². The summed E-state index contributed by atoms with van der Waals surface area (Å²) in [5.41, 5.74) is 2.27. The molecule has 1 aliphatic rings. The summed E-state index contributed by atoms with van der Waals surface area (Å²) in [4.78, 5) is 12.4. The monoisotopic (exact) mass is 398 g/mol. The molecule has 0 saturated carbocycles. The lowest BCUT2D eigenvalue weighted by atomic mass is 10.00. The van der Waals surface area contributed by atoms with E-state index in [1.165, 1.54) is 5.56 Å². The second kappa shape index (κ2) is 11.1. The largest absolute Gasteiger partial charge is 0.497 e. The third-order valence-electron chi connectivity index (χ3n) is 5.18. The van der Waals surface area contributed by atoms with Crippen LogP contribution in [0.1, 0.15) is 36.8 Å². The Bertz CT molecular complexity index is 744. The summed E-state index contributed by atoms with van der Waals surface area (Å²) < 4.78 is 16.9. The minimum absolute atomic E-state index is 0.0423. The Kier molecular flexibility index (Phi) is 8.23. The Labute approximate surface area is 172 Å². The van der Waals surface area contributed by atoms with Gasteiger partial charge < -0.3 is 19.3 Å². The second-order valence-electron chi connectivity index (χ2n) is 7.52. The normalized spacial score (nSPS) is 20.2. The average molecular weight is 398 g/mol. The third kappa shape index (κ3) is 7.28. The number of hydrogen-bond acceptors (Lipinski definition) is 5. The highest BCUT2D eigenvalue weighted by molar-refractivity contribution is 5.79. The molecule has 1 aliphatic heterocycles. The van der Waals surface area contributed by atoms with Gasteiger partial charge in [0.15, 0.2) is 6.29 Å². The number of carbonyl (C=O) groups excluding carboxylic acids is 1. The molecule has 29 heavy (non-hydrogen) atoms. The summed E-state index contributed by atoms with van der Waals surface area (Å²) >= 11 is 0. The fraction of sp³-hybridized carbons (Fsp3) is 0.458. The molecule has 0 bridgehead atoms. The van der Waals surface area contributed by atoms with Crippen molar-refractivity contribution in [2.24, 2.45) is 0 Å². The summed E-state index contributed by atoms with van der Waals surface area (Å²) in [6, 6.07) is 17.8. The number of ether oxygens (including phenoxy) is 3. The van der Waals surface area contributed by atoms with Gasteiger partial charge in [0.05, 0.1) is 25.9 Å². The molecule has 2 aromatic rings. The first-order chi connectivity index (χ1) is 14.1. The lowest BCUT2D eigenvalue weighted by molar-refractivity contribution is -0.211. The Morgan fingerprint density at radius 1 is 1.14 bits per heavy atom. The number of Topliss-reactive ketones (excluding diaryl/α,β-unsaturated/α-hetero) is 1. The maximum Gasteiger partial charge on any atom is 0.161 e. The standard InChI is InChI=1S/C24H30O5/c1-27-22-11-8-19(9-12-22)15-24-28-14-13-23(29-24)17-21(26)16-20(25)10-7-18-5-3-2-4-6-18/h2-6,8-9,11-12,20,23-25H,7,10,13-17H2,1H3/t20-,23-,24-/m1/s1. The van der Waals surface area contributed by atoms with Gasteiger partial charge in [0, 0.05) is 19.3 Å². The molecule has 3 atom stereocenters. The van der Waals surface area contributed by atoms with E-state index in [-0.39, 0.29) is 24.6 Å². The van der Waals surface area contributed by atoms with Crippen LogP contribution < -0.4 is 4.74 Å². The molecule has 1 fully saturated rings.